The molecule has 0 aliphatic carbocycles. The Labute approximate surface area is 220 Å². The van der Waals surface area contributed by atoms with E-state index in [0.29, 0.717) is 11.4 Å². The number of carboxylic acids is 1. The Kier molecular flexibility index (Phi) is 8.07. The molecule has 2 N–H and O–H groups in total. The Morgan fingerprint density at radius 3 is 2.11 bits per heavy atom. The molecule has 0 saturated carbocycles. The molecule has 0 saturated heterocycles. The molecule has 2 atom stereocenters. The first kappa shape index (κ1) is 26.1. The van der Waals surface area contributed by atoms with Gasteiger partial charge < -0.3 is 15.0 Å². The van der Waals surface area contributed by atoms with Crippen LogP contribution in [0.3, 0.4) is 0 Å². The van der Waals surface area contributed by atoms with Gasteiger partial charge in [-0.1, -0.05) is 38.1 Å². The highest BCUT2D eigenvalue weighted by atomic mass is 32.2. The predicted octanol–water partition coefficient (Wildman–Crippen LogP) is 4.83. The number of pyridine rings is 1. The Morgan fingerprint density at radius 1 is 0.973 bits per heavy atom. The summed E-state index contributed by atoms with van der Waals surface area (Å²) in [4.78, 5) is 32.7. The van der Waals surface area contributed by atoms with Crippen LogP contribution < -0.4 is 9.62 Å². The molecule has 0 fully saturated rings. The van der Waals surface area contributed by atoms with Gasteiger partial charge in [-0.25, -0.2) is 9.78 Å². The van der Waals surface area contributed by atoms with Crippen LogP contribution >= 0.6 is 11.3 Å². The van der Waals surface area contributed by atoms with Gasteiger partial charge in [-0.2, -0.15) is 0 Å². The van der Waals surface area contributed by atoms with Crippen LogP contribution in [0.5, 0.6) is 0 Å². The summed E-state index contributed by atoms with van der Waals surface area (Å²) in [6.07, 6.45) is 3.34. The average molecular weight is 536 g/mol. The third-order valence-corrected chi connectivity index (χ3v) is 7.21. The van der Waals surface area contributed by atoms with Crippen molar-refractivity contribution in [2.75, 3.05) is 9.62 Å². The fraction of sp³-hybridized carbons (Fsp3) is 0.154. The molecule has 0 aliphatic rings. The molecule has 11 heteroatoms. The van der Waals surface area contributed by atoms with Crippen molar-refractivity contribution >= 4 is 45.9 Å². The van der Waals surface area contributed by atoms with Crippen molar-refractivity contribution in [3.63, 3.8) is 0 Å². The number of nitrogens with one attached hydrogen (secondary N) is 1. The van der Waals surface area contributed by atoms with E-state index in [4.69, 9.17) is 0 Å². The maximum atomic E-state index is 12.6. The third kappa shape index (κ3) is 6.08. The molecule has 2 aromatic heterocycles. The highest BCUT2D eigenvalue weighted by molar-refractivity contribution is 7.80. The van der Waals surface area contributed by atoms with E-state index in [1.807, 2.05) is 24.3 Å². The first-order valence-electron chi connectivity index (χ1n) is 11.2. The summed E-state index contributed by atoms with van der Waals surface area (Å²) in [5.41, 5.74) is 3.71. The molecule has 0 aliphatic heterocycles. The van der Waals surface area contributed by atoms with Gasteiger partial charge in [0.05, 0.1) is 0 Å². The van der Waals surface area contributed by atoms with Crippen LogP contribution in [0.1, 0.15) is 24.3 Å². The van der Waals surface area contributed by atoms with Crippen molar-refractivity contribution in [2.45, 2.75) is 19.9 Å². The minimum absolute atomic E-state index is 0.261. The Morgan fingerprint density at radius 2 is 1.57 bits per heavy atom. The number of rotatable bonds is 9. The Bertz CT molecular complexity index is 1410. The van der Waals surface area contributed by atoms with E-state index in [0.717, 1.165) is 26.0 Å². The lowest BCUT2D eigenvalue weighted by atomic mass is 10.0. The van der Waals surface area contributed by atoms with Gasteiger partial charge in [-0.3, -0.25) is 18.3 Å². The summed E-state index contributed by atoms with van der Waals surface area (Å²) >= 11 is -1.38. The van der Waals surface area contributed by atoms with Gasteiger partial charge in [-0.15, -0.1) is 11.3 Å². The topological polar surface area (TPSA) is 136 Å². The zero-order chi connectivity index (χ0) is 26.5. The number of hydrogen-bond acceptors (Lipinski definition) is 7. The molecule has 190 valence electrons. The molecular weight excluding hydrogens is 512 g/mol. The maximum Gasteiger partial charge on any atom is 0.327 e. The van der Waals surface area contributed by atoms with E-state index < -0.39 is 29.2 Å². The molecule has 2 unspecified atom stereocenters. The second-order valence-corrected chi connectivity index (χ2v) is 10.1. The number of carbonyl (C=O) groups is 2. The molecule has 37 heavy (non-hydrogen) atoms. The van der Waals surface area contributed by atoms with Crippen LogP contribution in [0.4, 0.5) is 11.4 Å². The molecule has 1 amide bonds. The minimum Gasteiger partial charge on any atom is -0.755 e. The van der Waals surface area contributed by atoms with Gasteiger partial charge in [0.25, 0.3) is 5.91 Å². The summed E-state index contributed by atoms with van der Waals surface area (Å²) in [6, 6.07) is 16.2. The van der Waals surface area contributed by atoms with Crippen LogP contribution in [0, 0.1) is 5.92 Å². The second-order valence-electron chi connectivity index (χ2n) is 8.42. The van der Waals surface area contributed by atoms with E-state index in [2.05, 4.69) is 15.3 Å². The van der Waals surface area contributed by atoms with Gasteiger partial charge in [0.2, 0.25) is 0 Å². The number of aliphatic carboxylic acids is 1. The number of carbonyl (C=O) groups excluding carboxylic acids is 1. The normalized spacial score (nSPS) is 12.6. The van der Waals surface area contributed by atoms with Gasteiger partial charge >= 0.3 is 5.97 Å². The van der Waals surface area contributed by atoms with Crippen LogP contribution in [0.25, 0.3) is 21.7 Å². The second kappa shape index (κ2) is 11.4. The molecule has 4 aromatic rings. The van der Waals surface area contributed by atoms with Crippen LogP contribution in [-0.2, 0) is 16.1 Å². The number of aromatic nitrogens is 2. The number of thiazole rings is 1. The van der Waals surface area contributed by atoms with E-state index >= 15 is 0 Å². The monoisotopic (exact) mass is 535 g/mol. The fourth-order valence-corrected chi connectivity index (χ4v) is 5.36. The zero-order valence-electron chi connectivity index (χ0n) is 19.9. The first-order chi connectivity index (χ1) is 17.7. The fourth-order valence-electron chi connectivity index (χ4n) is 3.74. The number of nitrogens with zero attached hydrogens (tertiary/aromatic N) is 3. The van der Waals surface area contributed by atoms with Gasteiger partial charge in [0.1, 0.15) is 16.7 Å². The minimum atomic E-state index is -2.76. The first-order valence-corrected chi connectivity index (χ1v) is 13.1. The van der Waals surface area contributed by atoms with E-state index in [1.165, 1.54) is 11.3 Å². The van der Waals surface area contributed by atoms with Gasteiger partial charge in [0.15, 0.2) is 0 Å². The molecular formula is C26H23N4O5S2-. The molecule has 0 radical (unpaired) electrons. The maximum absolute atomic E-state index is 12.6. The van der Waals surface area contributed by atoms with Crippen molar-refractivity contribution in [1.29, 1.82) is 0 Å². The van der Waals surface area contributed by atoms with Crippen molar-refractivity contribution in [3.05, 3.63) is 84.1 Å². The molecule has 4 rings (SSSR count). The molecule has 2 aromatic carbocycles. The van der Waals surface area contributed by atoms with E-state index in [-0.39, 0.29) is 11.6 Å². The molecule has 2 heterocycles. The average Bonchev–Trinajstić information content (AvgIpc) is 3.38. The quantitative estimate of drug-likeness (QED) is 0.293. The number of carboxylic acid groups (broad SMARTS) is 1. The van der Waals surface area contributed by atoms with Gasteiger partial charge in [-0.05, 0) is 53.4 Å². The Balaban J connectivity index is 1.46. The lowest BCUT2D eigenvalue weighted by Gasteiger charge is -2.34. The molecule has 0 spiro atoms. The number of anilines is 2. The van der Waals surface area contributed by atoms with E-state index in [1.54, 1.807) is 68.0 Å². The summed E-state index contributed by atoms with van der Waals surface area (Å²) in [5, 5.41) is 14.8. The van der Waals surface area contributed by atoms with Crippen LogP contribution in [0.2, 0.25) is 0 Å². The molecule has 9 nitrogen and oxygen atoms in total. The SMILES string of the molecule is CC(C)C(C(=O)O)N(c1ccc(-c2ccc(NC(=O)c3csc(-c4ccncc4)n3)cc2)cc1)S(=O)[O-]. The number of amides is 1. The lowest BCUT2D eigenvalue weighted by molar-refractivity contribution is -0.139. The van der Waals surface area contributed by atoms with E-state index in [9.17, 15) is 23.5 Å². The van der Waals surface area contributed by atoms with Crippen molar-refractivity contribution in [3.8, 4) is 21.7 Å². The van der Waals surface area contributed by atoms with Crippen molar-refractivity contribution < 1.29 is 23.5 Å². The van der Waals surface area contributed by atoms with Crippen LogP contribution in [-0.4, -0.2) is 41.8 Å². The van der Waals surface area contributed by atoms with Gasteiger partial charge in [0, 0.05) is 46.0 Å². The molecule has 0 bridgehead atoms. The standard InChI is InChI=1S/C26H24N4O5S2/c1-16(2)23(26(32)33)30(37(34)35)21-9-5-18(6-10-21)17-3-7-20(8-4-17)28-24(31)22-15-36-25(29-22)19-11-13-27-14-12-19/h3-16,23H,1-2H3,(H,28,31)(H,32,33)(H,34,35)/p-1. The largest absolute Gasteiger partial charge is 0.755 e. The summed E-state index contributed by atoms with van der Waals surface area (Å²) < 4.78 is 24.5. The highest BCUT2D eigenvalue weighted by Crippen LogP contribution is 2.28. The third-order valence-electron chi connectivity index (χ3n) is 5.56. The zero-order valence-corrected chi connectivity index (χ0v) is 21.5. The van der Waals surface area contributed by atoms with Crippen molar-refractivity contribution in [2.24, 2.45) is 5.92 Å². The predicted molar refractivity (Wildman–Crippen MR) is 143 cm³/mol. The number of hydrogen-bond donors (Lipinski definition) is 2. The summed E-state index contributed by atoms with van der Waals surface area (Å²) in [5.74, 6) is -1.96. The smallest absolute Gasteiger partial charge is 0.327 e. The summed E-state index contributed by atoms with van der Waals surface area (Å²) in [6.45, 7) is 3.31. The number of benzene rings is 2. The Hall–Kier alpha value is -3.93. The van der Waals surface area contributed by atoms with Crippen LogP contribution in [0.15, 0.2) is 78.4 Å². The lowest BCUT2D eigenvalue weighted by Crippen LogP contribution is -2.45. The summed E-state index contributed by atoms with van der Waals surface area (Å²) in [7, 11) is 0. The highest BCUT2D eigenvalue weighted by Gasteiger charge is 2.30. The van der Waals surface area contributed by atoms with Crippen molar-refractivity contribution in [1.82, 2.24) is 9.97 Å².